The highest BCUT2D eigenvalue weighted by Crippen LogP contribution is 2.32. The number of H-pyrrole nitrogens is 1. The van der Waals surface area contributed by atoms with Crippen molar-refractivity contribution in [1.29, 1.82) is 0 Å². The molecule has 0 radical (unpaired) electrons. The predicted molar refractivity (Wildman–Crippen MR) is 116 cm³/mol. The van der Waals surface area contributed by atoms with Crippen LogP contribution in [0, 0.1) is 0 Å². The number of aromatic amines is 1. The van der Waals surface area contributed by atoms with Crippen LogP contribution in [-0.2, 0) is 13.0 Å². The molecule has 3 heterocycles. The topological polar surface area (TPSA) is 81.2 Å². The Morgan fingerprint density at radius 3 is 2.93 bits per heavy atom. The van der Waals surface area contributed by atoms with Gasteiger partial charge in [0.1, 0.15) is 5.69 Å². The standard InChI is InChI=1S/C21H23ClN4O2S/c22-15-2-1-3-16-14(15)10-18(24-16)20(28)26-9-8-17-19(11-26)29-21(25-17)23-12-4-6-13(27)7-5-12/h1-3,10,12-13,24,27H,4-9,11H2,(H,23,25). The van der Waals surface area contributed by atoms with Gasteiger partial charge in [0.2, 0.25) is 0 Å². The number of benzene rings is 1. The van der Waals surface area contributed by atoms with Gasteiger partial charge in [-0.2, -0.15) is 0 Å². The number of aliphatic hydroxyl groups excluding tert-OH is 1. The van der Waals surface area contributed by atoms with Crippen LogP contribution in [-0.4, -0.2) is 44.6 Å². The van der Waals surface area contributed by atoms with E-state index in [0.29, 0.717) is 29.8 Å². The Bertz CT molecular complexity index is 1050. The van der Waals surface area contributed by atoms with Crippen LogP contribution >= 0.6 is 22.9 Å². The van der Waals surface area contributed by atoms with Crippen molar-refractivity contribution in [3.63, 3.8) is 0 Å². The third kappa shape index (κ3) is 3.74. The van der Waals surface area contributed by atoms with Crippen molar-refractivity contribution < 1.29 is 9.90 Å². The van der Waals surface area contributed by atoms with E-state index >= 15 is 0 Å². The van der Waals surface area contributed by atoms with Crippen LogP contribution in [0.15, 0.2) is 24.3 Å². The molecule has 6 nitrogen and oxygen atoms in total. The molecule has 29 heavy (non-hydrogen) atoms. The van der Waals surface area contributed by atoms with Gasteiger partial charge >= 0.3 is 0 Å². The maximum Gasteiger partial charge on any atom is 0.270 e. The third-order valence-electron chi connectivity index (χ3n) is 5.88. The van der Waals surface area contributed by atoms with Crippen molar-refractivity contribution >= 4 is 44.9 Å². The first-order valence-corrected chi connectivity index (χ1v) is 11.3. The van der Waals surface area contributed by atoms with E-state index in [0.717, 1.165) is 58.7 Å². The molecule has 3 N–H and O–H groups in total. The van der Waals surface area contributed by atoms with Gasteiger partial charge in [-0.1, -0.05) is 29.0 Å². The van der Waals surface area contributed by atoms with Gasteiger partial charge in [0.15, 0.2) is 5.13 Å². The number of carbonyl (C=O) groups excluding carboxylic acids is 1. The summed E-state index contributed by atoms with van der Waals surface area (Å²) in [7, 11) is 0. The van der Waals surface area contributed by atoms with Crippen molar-refractivity contribution in [2.75, 3.05) is 11.9 Å². The van der Waals surface area contributed by atoms with Crippen molar-refractivity contribution in [1.82, 2.24) is 14.9 Å². The monoisotopic (exact) mass is 430 g/mol. The summed E-state index contributed by atoms with van der Waals surface area (Å²) >= 11 is 7.89. The summed E-state index contributed by atoms with van der Waals surface area (Å²) in [6.07, 6.45) is 4.25. The lowest BCUT2D eigenvalue weighted by Crippen LogP contribution is -2.35. The highest BCUT2D eigenvalue weighted by molar-refractivity contribution is 7.15. The first kappa shape index (κ1) is 18.9. The Balaban J connectivity index is 1.29. The highest BCUT2D eigenvalue weighted by Gasteiger charge is 2.27. The average molecular weight is 431 g/mol. The molecule has 2 aliphatic rings. The summed E-state index contributed by atoms with van der Waals surface area (Å²) in [6.45, 7) is 1.24. The quantitative estimate of drug-likeness (QED) is 0.581. The zero-order chi connectivity index (χ0) is 20.0. The summed E-state index contributed by atoms with van der Waals surface area (Å²) < 4.78 is 0. The molecule has 0 unspecified atom stereocenters. The number of nitrogens with one attached hydrogen (secondary N) is 2. The van der Waals surface area contributed by atoms with E-state index < -0.39 is 0 Å². The van der Waals surface area contributed by atoms with Crippen molar-refractivity contribution in [2.24, 2.45) is 0 Å². The van der Waals surface area contributed by atoms with E-state index in [1.807, 2.05) is 29.2 Å². The number of hydrogen-bond acceptors (Lipinski definition) is 5. The van der Waals surface area contributed by atoms with Gasteiger partial charge in [0, 0.05) is 39.8 Å². The summed E-state index contributed by atoms with van der Waals surface area (Å²) in [5, 5.41) is 15.7. The van der Waals surface area contributed by atoms with Gasteiger partial charge < -0.3 is 20.3 Å². The Morgan fingerprint density at radius 1 is 1.31 bits per heavy atom. The number of nitrogens with zero attached hydrogens (tertiary/aromatic N) is 2. The van der Waals surface area contributed by atoms with E-state index in [4.69, 9.17) is 16.6 Å². The number of anilines is 1. The molecule has 1 fully saturated rings. The third-order valence-corrected chi connectivity index (χ3v) is 7.23. The summed E-state index contributed by atoms with van der Waals surface area (Å²) in [5.74, 6) is -0.00732. The fourth-order valence-corrected chi connectivity index (χ4v) is 5.56. The molecule has 1 saturated carbocycles. The Hall–Kier alpha value is -2.09. The molecule has 1 aliphatic heterocycles. The van der Waals surface area contributed by atoms with Gasteiger partial charge in [-0.15, -0.1) is 0 Å². The number of thiazole rings is 1. The molecule has 1 aliphatic carbocycles. The molecule has 0 atom stereocenters. The Labute approximate surface area is 177 Å². The van der Waals surface area contributed by atoms with Crippen molar-refractivity contribution in [3.8, 4) is 0 Å². The highest BCUT2D eigenvalue weighted by atomic mass is 35.5. The maximum absolute atomic E-state index is 13.0. The first-order valence-electron chi connectivity index (χ1n) is 10.1. The first-order chi connectivity index (χ1) is 14.1. The van der Waals surface area contributed by atoms with Gasteiger partial charge in [0.05, 0.1) is 18.3 Å². The van der Waals surface area contributed by atoms with E-state index in [1.165, 1.54) is 0 Å². The van der Waals surface area contributed by atoms with E-state index in [9.17, 15) is 9.90 Å². The lowest BCUT2D eigenvalue weighted by Gasteiger charge is -2.25. The second kappa shape index (κ2) is 7.63. The van der Waals surface area contributed by atoms with Crippen LogP contribution in [0.3, 0.4) is 0 Å². The number of amides is 1. The lowest BCUT2D eigenvalue weighted by molar-refractivity contribution is 0.0731. The molecule has 3 aromatic rings. The molecule has 0 spiro atoms. The van der Waals surface area contributed by atoms with Crippen LogP contribution in [0.5, 0.6) is 0 Å². The summed E-state index contributed by atoms with van der Waals surface area (Å²) in [6, 6.07) is 7.85. The number of rotatable bonds is 3. The smallest absolute Gasteiger partial charge is 0.270 e. The van der Waals surface area contributed by atoms with Crippen LogP contribution in [0.1, 0.15) is 46.7 Å². The van der Waals surface area contributed by atoms with Gasteiger partial charge in [-0.25, -0.2) is 4.98 Å². The zero-order valence-corrected chi connectivity index (χ0v) is 17.5. The Morgan fingerprint density at radius 2 is 2.14 bits per heavy atom. The minimum absolute atomic E-state index is 0.00732. The van der Waals surface area contributed by atoms with Gasteiger partial charge in [-0.05, 0) is 43.9 Å². The minimum atomic E-state index is -0.156. The Kier molecular flexibility index (Phi) is 4.97. The fourth-order valence-electron chi connectivity index (χ4n) is 4.23. The molecule has 1 amide bonds. The molecule has 1 aromatic carbocycles. The lowest BCUT2D eigenvalue weighted by atomic mass is 9.93. The molecule has 5 rings (SSSR count). The molecule has 0 bridgehead atoms. The van der Waals surface area contributed by atoms with Crippen molar-refractivity contribution in [2.45, 2.75) is 50.8 Å². The van der Waals surface area contributed by atoms with E-state index in [-0.39, 0.29) is 12.0 Å². The van der Waals surface area contributed by atoms with E-state index in [2.05, 4.69) is 10.3 Å². The molecular weight excluding hydrogens is 408 g/mol. The van der Waals surface area contributed by atoms with Crippen LogP contribution < -0.4 is 5.32 Å². The zero-order valence-electron chi connectivity index (χ0n) is 15.9. The average Bonchev–Trinajstić information content (AvgIpc) is 3.33. The number of halogens is 1. The van der Waals surface area contributed by atoms with E-state index in [1.54, 1.807) is 11.3 Å². The molecule has 0 saturated heterocycles. The molecular formula is C21H23ClN4O2S. The van der Waals surface area contributed by atoms with Crippen LogP contribution in [0.25, 0.3) is 10.9 Å². The predicted octanol–water partition coefficient (Wildman–Crippen LogP) is 4.19. The van der Waals surface area contributed by atoms with Gasteiger partial charge in [0.25, 0.3) is 5.91 Å². The second-order valence-corrected chi connectivity index (χ2v) is 9.39. The number of aliphatic hydroxyl groups is 1. The normalized spacial score (nSPS) is 21.9. The largest absolute Gasteiger partial charge is 0.393 e. The number of hydrogen-bond donors (Lipinski definition) is 3. The number of aromatic nitrogens is 2. The van der Waals surface area contributed by atoms with Gasteiger partial charge in [-0.3, -0.25) is 4.79 Å². The minimum Gasteiger partial charge on any atom is -0.393 e. The second-order valence-electron chi connectivity index (χ2n) is 7.90. The molecule has 8 heteroatoms. The summed E-state index contributed by atoms with van der Waals surface area (Å²) in [5.41, 5.74) is 2.54. The van der Waals surface area contributed by atoms with Crippen molar-refractivity contribution in [3.05, 3.63) is 45.6 Å². The SMILES string of the molecule is O=C(c1cc2c(Cl)cccc2[nH]1)N1CCc2nc(NC3CCC(O)CC3)sc2C1. The summed E-state index contributed by atoms with van der Waals surface area (Å²) in [4.78, 5) is 24.0. The molecule has 2 aromatic heterocycles. The fraction of sp³-hybridized carbons (Fsp3) is 0.429. The van der Waals surface area contributed by atoms with Crippen LogP contribution in [0.2, 0.25) is 5.02 Å². The van der Waals surface area contributed by atoms with Crippen LogP contribution in [0.4, 0.5) is 5.13 Å². The number of carbonyl (C=O) groups is 1. The molecule has 152 valence electrons. The maximum atomic E-state index is 13.0. The number of fused-ring (bicyclic) bond motifs is 2.